The van der Waals surface area contributed by atoms with Crippen molar-refractivity contribution in [3.8, 4) is 0 Å². The van der Waals surface area contributed by atoms with E-state index in [2.05, 4.69) is 50.4 Å². The Balaban J connectivity index is 2.54. The SMILES string of the molecule is CCCNC(CC)c1ccc(SCC(C)CO)cc1. The molecule has 2 atom stereocenters. The second-order valence-electron chi connectivity index (χ2n) is 5.08. The molecule has 1 aromatic rings. The molecule has 108 valence electrons. The van der Waals surface area contributed by atoms with Crippen LogP contribution in [0, 0.1) is 5.92 Å². The van der Waals surface area contributed by atoms with E-state index in [1.165, 1.54) is 16.9 Å². The second kappa shape index (κ2) is 9.40. The maximum absolute atomic E-state index is 9.02. The van der Waals surface area contributed by atoms with Gasteiger partial charge in [0.2, 0.25) is 0 Å². The average molecular weight is 281 g/mol. The Morgan fingerprint density at radius 3 is 2.42 bits per heavy atom. The van der Waals surface area contributed by atoms with E-state index >= 15 is 0 Å². The lowest BCUT2D eigenvalue weighted by molar-refractivity contribution is 0.250. The molecule has 0 spiro atoms. The summed E-state index contributed by atoms with van der Waals surface area (Å²) in [6, 6.07) is 9.31. The van der Waals surface area contributed by atoms with Crippen LogP contribution in [-0.2, 0) is 0 Å². The van der Waals surface area contributed by atoms with Crippen molar-refractivity contribution in [1.82, 2.24) is 5.32 Å². The lowest BCUT2D eigenvalue weighted by Crippen LogP contribution is -2.21. The Labute approximate surface area is 122 Å². The Bertz CT molecular complexity index is 339. The van der Waals surface area contributed by atoms with Crippen LogP contribution in [0.4, 0.5) is 0 Å². The summed E-state index contributed by atoms with van der Waals surface area (Å²) in [5.74, 6) is 1.33. The number of hydrogen-bond donors (Lipinski definition) is 2. The summed E-state index contributed by atoms with van der Waals surface area (Å²) >= 11 is 1.82. The number of benzene rings is 1. The summed E-state index contributed by atoms with van der Waals surface area (Å²) < 4.78 is 0. The predicted octanol–water partition coefficient (Wildman–Crippen LogP) is 3.86. The van der Waals surface area contributed by atoms with Gasteiger partial charge >= 0.3 is 0 Å². The monoisotopic (exact) mass is 281 g/mol. The van der Waals surface area contributed by atoms with Gasteiger partial charge < -0.3 is 10.4 Å². The van der Waals surface area contributed by atoms with Gasteiger partial charge in [-0.1, -0.05) is 32.9 Å². The van der Waals surface area contributed by atoms with E-state index in [4.69, 9.17) is 5.11 Å². The Hall–Kier alpha value is -0.510. The fraction of sp³-hybridized carbons (Fsp3) is 0.625. The molecular formula is C16H27NOS. The molecule has 0 saturated carbocycles. The normalized spacial score (nSPS) is 14.3. The minimum absolute atomic E-state index is 0.268. The molecule has 2 N–H and O–H groups in total. The molecule has 2 nitrogen and oxygen atoms in total. The first-order valence-corrected chi connectivity index (χ1v) is 8.26. The van der Waals surface area contributed by atoms with Gasteiger partial charge in [0, 0.05) is 23.3 Å². The molecule has 3 heteroatoms. The minimum atomic E-state index is 0.268. The fourth-order valence-corrected chi connectivity index (χ4v) is 2.81. The van der Waals surface area contributed by atoms with Gasteiger partial charge in [0.1, 0.15) is 0 Å². The van der Waals surface area contributed by atoms with Crippen molar-refractivity contribution in [2.45, 2.75) is 44.6 Å². The molecule has 0 aliphatic carbocycles. The molecule has 0 bridgehead atoms. The van der Waals surface area contributed by atoms with Crippen molar-refractivity contribution in [2.24, 2.45) is 5.92 Å². The van der Waals surface area contributed by atoms with Gasteiger partial charge in [-0.2, -0.15) is 0 Å². The summed E-state index contributed by atoms with van der Waals surface area (Å²) in [6.07, 6.45) is 2.29. The van der Waals surface area contributed by atoms with Crippen LogP contribution in [0.2, 0.25) is 0 Å². The van der Waals surface area contributed by atoms with Crippen molar-refractivity contribution < 1.29 is 5.11 Å². The minimum Gasteiger partial charge on any atom is -0.396 e. The van der Waals surface area contributed by atoms with Gasteiger partial charge in [-0.25, -0.2) is 0 Å². The van der Waals surface area contributed by atoms with Crippen LogP contribution in [-0.4, -0.2) is 24.0 Å². The zero-order valence-electron chi connectivity index (χ0n) is 12.4. The first kappa shape index (κ1) is 16.5. The van der Waals surface area contributed by atoms with Gasteiger partial charge in [0.25, 0.3) is 0 Å². The van der Waals surface area contributed by atoms with Crippen molar-refractivity contribution in [2.75, 3.05) is 18.9 Å². The van der Waals surface area contributed by atoms with Crippen LogP contribution in [0.5, 0.6) is 0 Å². The van der Waals surface area contributed by atoms with Crippen LogP contribution in [0.25, 0.3) is 0 Å². The molecular weight excluding hydrogens is 254 g/mol. The molecule has 0 heterocycles. The molecule has 1 aromatic carbocycles. The molecule has 0 radical (unpaired) electrons. The molecule has 0 aromatic heterocycles. The highest BCUT2D eigenvalue weighted by molar-refractivity contribution is 7.99. The highest BCUT2D eigenvalue weighted by Crippen LogP contribution is 2.24. The first-order chi connectivity index (χ1) is 9.21. The maximum atomic E-state index is 9.02. The third-order valence-electron chi connectivity index (χ3n) is 3.18. The van der Waals surface area contributed by atoms with Crippen LogP contribution in [0.3, 0.4) is 0 Å². The average Bonchev–Trinajstić information content (AvgIpc) is 2.46. The van der Waals surface area contributed by atoms with Crippen molar-refractivity contribution in [1.29, 1.82) is 0 Å². The lowest BCUT2D eigenvalue weighted by Gasteiger charge is -2.17. The molecule has 0 saturated heterocycles. The first-order valence-electron chi connectivity index (χ1n) is 7.28. The zero-order valence-corrected chi connectivity index (χ0v) is 13.2. The van der Waals surface area contributed by atoms with E-state index in [1.807, 2.05) is 11.8 Å². The summed E-state index contributed by atoms with van der Waals surface area (Å²) in [5, 5.41) is 12.6. The molecule has 2 unspecified atom stereocenters. The van der Waals surface area contributed by atoms with Gasteiger partial charge in [-0.05, 0) is 43.0 Å². The molecule has 0 fully saturated rings. The summed E-state index contributed by atoms with van der Waals surface area (Å²) in [4.78, 5) is 1.29. The number of aliphatic hydroxyl groups excluding tert-OH is 1. The van der Waals surface area contributed by atoms with Crippen molar-refractivity contribution in [3.63, 3.8) is 0 Å². The zero-order chi connectivity index (χ0) is 14.1. The maximum Gasteiger partial charge on any atom is 0.0464 e. The molecule has 0 aliphatic heterocycles. The van der Waals surface area contributed by atoms with Crippen molar-refractivity contribution in [3.05, 3.63) is 29.8 Å². The van der Waals surface area contributed by atoms with Crippen LogP contribution in [0.1, 0.15) is 45.2 Å². The fourth-order valence-electron chi connectivity index (χ4n) is 1.90. The predicted molar refractivity (Wildman–Crippen MR) is 84.7 cm³/mol. The van der Waals surface area contributed by atoms with E-state index < -0.39 is 0 Å². The summed E-state index contributed by atoms with van der Waals surface area (Å²) in [5.41, 5.74) is 1.37. The number of rotatable bonds is 9. The van der Waals surface area contributed by atoms with E-state index in [0.29, 0.717) is 12.0 Å². The van der Waals surface area contributed by atoms with E-state index in [1.54, 1.807) is 0 Å². The van der Waals surface area contributed by atoms with Gasteiger partial charge in [-0.3, -0.25) is 0 Å². The standard InChI is InChI=1S/C16H27NOS/c1-4-10-17-16(5-2)14-6-8-15(9-7-14)19-12-13(3)11-18/h6-9,13,16-18H,4-5,10-12H2,1-3H3. The van der Waals surface area contributed by atoms with Crippen LogP contribution < -0.4 is 5.32 Å². The number of hydrogen-bond acceptors (Lipinski definition) is 3. The highest BCUT2D eigenvalue weighted by atomic mass is 32.2. The Kier molecular flexibility index (Phi) is 8.19. The Morgan fingerprint density at radius 1 is 1.21 bits per heavy atom. The molecule has 0 amide bonds. The highest BCUT2D eigenvalue weighted by Gasteiger charge is 2.08. The van der Waals surface area contributed by atoms with Gasteiger partial charge in [0.05, 0.1) is 0 Å². The molecule has 19 heavy (non-hydrogen) atoms. The number of aliphatic hydroxyl groups is 1. The van der Waals surface area contributed by atoms with Gasteiger partial charge in [0.15, 0.2) is 0 Å². The van der Waals surface area contributed by atoms with E-state index in [9.17, 15) is 0 Å². The Morgan fingerprint density at radius 2 is 1.89 bits per heavy atom. The van der Waals surface area contributed by atoms with E-state index in [-0.39, 0.29) is 6.61 Å². The third-order valence-corrected chi connectivity index (χ3v) is 4.52. The second-order valence-corrected chi connectivity index (χ2v) is 6.18. The topological polar surface area (TPSA) is 32.3 Å². The largest absolute Gasteiger partial charge is 0.396 e. The smallest absolute Gasteiger partial charge is 0.0464 e. The number of nitrogens with one attached hydrogen (secondary N) is 1. The quantitative estimate of drug-likeness (QED) is 0.674. The van der Waals surface area contributed by atoms with Gasteiger partial charge in [-0.15, -0.1) is 11.8 Å². The number of thioether (sulfide) groups is 1. The summed E-state index contributed by atoms with van der Waals surface area (Å²) in [7, 11) is 0. The third kappa shape index (κ3) is 5.98. The van der Waals surface area contributed by atoms with E-state index in [0.717, 1.165) is 18.7 Å². The van der Waals surface area contributed by atoms with Crippen LogP contribution >= 0.6 is 11.8 Å². The van der Waals surface area contributed by atoms with Crippen molar-refractivity contribution >= 4 is 11.8 Å². The summed E-state index contributed by atoms with van der Waals surface area (Å²) in [6.45, 7) is 7.83. The molecule has 1 rings (SSSR count). The molecule has 0 aliphatic rings. The lowest BCUT2D eigenvalue weighted by atomic mass is 10.0. The van der Waals surface area contributed by atoms with Crippen LogP contribution in [0.15, 0.2) is 29.2 Å².